The minimum atomic E-state index is -3.57. The number of carbonyl (C=O) groups is 1. The van der Waals surface area contributed by atoms with Crippen molar-refractivity contribution in [2.24, 2.45) is 5.92 Å². The van der Waals surface area contributed by atoms with Gasteiger partial charge in [0.1, 0.15) is 0 Å². The van der Waals surface area contributed by atoms with Gasteiger partial charge in [0.05, 0.1) is 18.1 Å². The largest absolute Gasteiger partial charge is 0.379 e. The lowest BCUT2D eigenvalue weighted by Crippen LogP contribution is -2.40. The van der Waals surface area contributed by atoms with E-state index in [1.807, 2.05) is 6.92 Å². The van der Waals surface area contributed by atoms with Crippen LogP contribution in [0.4, 0.5) is 5.69 Å². The number of rotatable bonds is 7. The summed E-state index contributed by atoms with van der Waals surface area (Å²) in [5.74, 6) is 0.727. The predicted octanol–water partition coefficient (Wildman–Crippen LogP) is 3.71. The van der Waals surface area contributed by atoms with Gasteiger partial charge in [-0.15, -0.1) is 0 Å². The van der Waals surface area contributed by atoms with Crippen LogP contribution < -0.4 is 5.32 Å². The Kier molecular flexibility index (Phi) is 7.48. The van der Waals surface area contributed by atoms with E-state index in [-0.39, 0.29) is 10.8 Å². The number of amides is 1. The Morgan fingerprint density at radius 3 is 2.61 bits per heavy atom. The number of anilines is 1. The van der Waals surface area contributed by atoms with Crippen LogP contribution in [0.25, 0.3) is 0 Å². The molecule has 1 aliphatic carbocycles. The fourth-order valence-corrected chi connectivity index (χ4v) is 5.51. The number of nitrogens with one attached hydrogen (secondary N) is 1. The third-order valence-corrected chi connectivity index (χ3v) is 7.73. The number of benzene rings is 1. The number of hydrogen-bond donors (Lipinski definition) is 1. The summed E-state index contributed by atoms with van der Waals surface area (Å²) in [5.41, 5.74) is 1.44. The predicted molar refractivity (Wildman–Crippen MR) is 110 cm³/mol. The van der Waals surface area contributed by atoms with Crippen LogP contribution in [-0.4, -0.2) is 44.9 Å². The van der Waals surface area contributed by atoms with Gasteiger partial charge < -0.3 is 10.1 Å². The number of ether oxygens (including phenoxy) is 1. The van der Waals surface area contributed by atoms with E-state index < -0.39 is 10.0 Å². The summed E-state index contributed by atoms with van der Waals surface area (Å²) in [7, 11) is -3.57. The molecule has 0 unspecified atom stereocenters. The molecule has 0 bridgehead atoms. The van der Waals surface area contributed by atoms with Crippen LogP contribution in [0, 0.1) is 12.8 Å². The lowest BCUT2D eigenvalue weighted by atomic mass is 9.86. The summed E-state index contributed by atoms with van der Waals surface area (Å²) in [6.07, 6.45) is 9.06. The third kappa shape index (κ3) is 5.55. The van der Waals surface area contributed by atoms with Gasteiger partial charge in [0.2, 0.25) is 15.9 Å². The van der Waals surface area contributed by atoms with E-state index in [0.29, 0.717) is 38.4 Å². The maximum Gasteiger partial charge on any atom is 0.243 e. The number of aryl methyl sites for hydroxylation is 1. The molecule has 7 heteroatoms. The minimum absolute atomic E-state index is 0.0418. The van der Waals surface area contributed by atoms with E-state index in [1.165, 1.54) is 36.4 Å². The highest BCUT2D eigenvalue weighted by atomic mass is 32.2. The molecule has 0 radical (unpaired) electrons. The molecule has 1 saturated heterocycles. The van der Waals surface area contributed by atoms with Gasteiger partial charge in [0.25, 0.3) is 0 Å². The molecule has 2 aliphatic rings. The van der Waals surface area contributed by atoms with Crippen LogP contribution in [0.5, 0.6) is 0 Å². The van der Waals surface area contributed by atoms with Crippen LogP contribution in [0.2, 0.25) is 0 Å². The van der Waals surface area contributed by atoms with Gasteiger partial charge in [-0.3, -0.25) is 4.79 Å². The van der Waals surface area contributed by atoms with Gasteiger partial charge in [-0.2, -0.15) is 4.31 Å². The molecule has 28 heavy (non-hydrogen) atoms. The Balaban J connectivity index is 1.58. The molecule has 1 heterocycles. The van der Waals surface area contributed by atoms with Crippen molar-refractivity contribution < 1.29 is 17.9 Å². The fraction of sp³-hybridized carbons (Fsp3) is 0.667. The molecule has 1 aromatic carbocycles. The van der Waals surface area contributed by atoms with Gasteiger partial charge in [-0.25, -0.2) is 8.42 Å². The topological polar surface area (TPSA) is 75.7 Å². The van der Waals surface area contributed by atoms with Crippen LogP contribution in [0.15, 0.2) is 23.1 Å². The molecule has 0 aromatic heterocycles. The van der Waals surface area contributed by atoms with Crippen LogP contribution in [0.1, 0.15) is 56.9 Å². The van der Waals surface area contributed by atoms with Crippen molar-refractivity contribution in [2.45, 2.75) is 63.2 Å². The van der Waals surface area contributed by atoms with Crippen molar-refractivity contribution in [3.63, 3.8) is 0 Å². The molecule has 1 aromatic rings. The molecular weight excluding hydrogens is 376 g/mol. The lowest BCUT2D eigenvalue weighted by Gasteiger charge is -2.26. The maximum atomic E-state index is 12.8. The third-order valence-electron chi connectivity index (χ3n) is 5.83. The van der Waals surface area contributed by atoms with E-state index in [0.717, 1.165) is 24.3 Å². The van der Waals surface area contributed by atoms with Crippen molar-refractivity contribution in [3.05, 3.63) is 23.8 Å². The summed E-state index contributed by atoms with van der Waals surface area (Å²) >= 11 is 0. The Hall–Kier alpha value is -1.44. The van der Waals surface area contributed by atoms with E-state index >= 15 is 0 Å². The first-order valence-corrected chi connectivity index (χ1v) is 11.9. The first kappa shape index (κ1) is 21.3. The average Bonchev–Trinajstić information content (AvgIpc) is 2.71. The standard InChI is InChI=1S/C21H32N2O4S/c1-17-10-11-19(28(25,26)23-12-14-27-15-13-23)16-20(17)22-21(24)9-5-8-18-6-3-2-4-7-18/h10-11,16,18H,2-9,12-15H2,1H3,(H,22,24). The summed E-state index contributed by atoms with van der Waals surface area (Å²) in [6.45, 7) is 3.42. The molecule has 2 fully saturated rings. The molecule has 1 N–H and O–H groups in total. The number of carbonyl (C=O) groups excluding carboxylic acids is 1. The van der Waals surface area contributed by atoms with Gasteiger partial charge in [0, 0.05) is 25.2 Å². The molecule has 0 atom stereocenters. The first-order valence-electron chi connectivity index (χ1n) is 10.5. The van der Waals surface area contributed by atoms with Crippen molar-refractivity contribution in [1.29, 1.82) is 0 Å². The number of morpholine rings is 1. The molecule has 3 rings (SSSR count). The molecular formula is C21H32N2O4S. The highest BCUT2D eigenvalue weighted by Crippen LogP contribution is 2.28. The monoisotopic (exact) mass is 408 g/mol. The smallest absolute Gasteiger partial charge is 0.243 e. The second kappa shape index (κ2) is 9.85. The Morgan fingerprint density at radius 1 is 1.18 bits per heavy atom. The van der Waals surface area contributed by atoms with Crippen molar-refractivity contribution in [2.75, 3.05) is 31.6 Å². The number of sulfonamides is 1. The molecule has 0 spiro atoms. The van der Waals surface area contributed by atoms with Crippen LogP contribution in [0.3, 0.4) is 0 Å². The Bertz CT molecular complexity index is 767. The molecule has 6 nitrogen and oxygen atoms in total. The average molecular weight is 409 g/mol. The summed E-state index contributed by atoms with van der Waals surface area (Å²) in [6, 6.07) is 4.95. The highest BCUT2D eigenvalue weighted by Gasteiger charge is 2.27. The van der Waals surface area contributed by atoms with Gasteiger partial charge in [-0.05, 0) is 43.4 Å². The number of hydrogen-bond acceptors (Lipinski definition) is 4. The Morgan fingerprint density at radius 2 is 1.89 bits per heavy atom. The van der Waals surface area contributed by atoms with Crippen molar-refractivity contribution in [3.8, 4) is 0 Å². The quantitative estimate of drug-likeness (QED) is 0.746. The van der Waals surface area contributed by atoms with E-state index in [2.05, 4.69) is 5.32 Å². The first-order chi connectivity index (χ1) is 13.5. The van der Waals surface area contributed by atoms with E-state index in [9.17, 15) is 13.2 Å². The van der Waals surface area contributed by atoms with Gasteiger partial charge >= 0.3 is 0 Å². The molecule has 1 amide bonds. The fourth-order valence-electron chi connectivity index (χ4n) is 4.07. The van der Waals surface area contributed by atoms with Crippen LogP contribution >= 0.6 is 0 Å². The van der Waals surface area contributed by atoms with Crippen LogP contribution in [-0.2, 0) is 19.6 Å². The summed E-state index contributed by atoms with van der Waals surface area (Å²) in [4.78, 5) is 12.6. The molecule has 1 saturated carbocycles. The lowest BCUT2D eigenvalue weighted by molar-refractivity contribution is -0.116. The van der Waals surface area contributed by atoms with E-state index in [1.54, 1.807) is 18.2 Å². The summed E-state index contributed by atoms with van der Waals surface area (Å²) < 4.78 is 32.4. The zero-order chi connectivity index (χ0) is 20.0. The molecule has 1 aliphatic heterocycles. The second-order valence-corrected chi connectivity index (χ2v) is 9.88. The van der Waals surface area contributed by atoms with Gasteiger partial charge in [0.15, 0.2) is 0 Å². The zero-order valence-corrected chi connectivity index (χ0v) is 17.6. The van der Waals surface area contributed by atoms with E-state index in [4.69, 9.17) is 4.74 Å². The van der Waals surface area contributed by atoms with Crippen molar-refractivity contribution >= 4 is 21.6 Å². The SMILES string of the molecule is Cc1ccc(S(=O)(=O)N2CCOCC2)cc1NC(=O)CCCC1CCCCC1. The zero-order valence-electron chi connectivity index (χ0n) is 16.8. The minimum Gasteiger partial charge on any atom is -0.379 e. The summed E-state index contributed by atoms with van der Waals surface area (Å²) in [5, 5.41) is 2.92. The highest BCUT2D eigenvalue weighted by molar-refractivity contribution is 7.89. The molecule has 156 valence electrons. The maximum absolute atomic E-state index is 12.8. The second-order valence-electron chi connectivity index (χ2n) is 7.94. The number of nitrogens with zero attached hydrogens (tertiary/aromatic N) is 1. The Labute approximate surface area is 168 Å². The normalized spacial score (nSPS) is 19.5. The van der Waals surface area contributed by atoms with Crippen molar-refractivity contribution in [1.82, 2.24) is 4.31 Å². The van der Waals surface area contributed by atoms with Gasteiger partial charge in [-0.1, -0.05) is 38.2 Å².